The largest absolute Gasteiger partial charge is 0.313 e. The summed E-state index contributed by atoms with van der Waals surface area (Å²) in [4.78, 5) is 9.59. The second-order valence-corrected chi connectivity index (χ2v) is 4.72. The van der Waals surface area contributed by atoms with Gasteiger partial charge in [-0.15, -0.1) is 11.3 Å². The third-order valence-electron chi connectivity index (χ3n) is 2.69. The number of nitrogens with zero attached hydrogens (tertiary/aromatic N) is 2. The third kappa shape index (κ3) is 2.46. The summed E-state index contributed by atoms with van der Waals surface area (Å²) in [6.45, 7) is 2.12. The molecule has 0 amide bonds. The van der Waals surface area contributed by atoms with E-state index in [0.29, 0.717) is 6.04 Å². The highest BCUT2D eigenvalue weighted by molar-refractivity contribution is 7.09. The van der Waals surface area contributed by atoms with Gasteiger partial charge in [-0.3, -0.25) is 9.97 Å². The van der Waals surface area contributed by atoms with Crippen molar-refractivity contribution < 1.29 is 0 Å². The van der Waals surface area contributed by atoms with Crippen LogP contribution in [0.15, 0.2) is 30.2 Å². The van der Waals surface area contributed by atoms with Crippen LogP contribution in [0.4, 0.5) is 0 Å². The summed E-state index contributed by atoms with van der Waals surface area (Å²) in [6.07, 6.45) is 6.67. The molecule has 0 aromatic carbocycles. The molecule has 2 heterocycles. The van der Waals surface area contributed by atoms with Gasteiger partial charge in [0.05, 0.1) is 5.51 Å². The first-order valence-electron chi connectivity index (χ1n) is 5.26. The zero-order chi connectivity index (χ0) is 11.4. The van der Waals surface area contributed by atoms with Crippen LogP contribution in [0.2, 0.25) is 0 Å². The van der Waals surface area contributed by atoms with Crippen molar-refractivity contribution in [3.63, 3.8) is 0 Å². The summed E-state index contributed by atoms with van der Waals surface area (Å²) in [6, 6.07) is 2.36. The van der Waals surface area contributed by atoms with Crippen molar-refractivity contribution in [1.82, 2.24) is 15.3 Å². The molecule has 1 atom stereocenters. The highest BCUT2D eigenvalue weighted by Crippen LogP contribution is 2.21. The van der Waals surface area contributed by atoms with Gasteiger partial charge < -0.3 is 5.32 Å². The second kappa shape index (κ2) is 5.18. The average molecular weight is 233 g/mol. The molecule has 0 aliphatic rings. The van der Waals surface area contributed by atoms with Gasteiger partial charge in [0.25, 0.3) is 0 Å². The Bertz CT molecular complexity index is 439. The minimum atomic E-state index is 0.314. The van der Waals surface area contributed by atoms with E-state index < -0.39 is 0 Å². The van der Waals surface area contributed by atoms with Gasteiger partial charge in [0, 0.05) is 35.9 Å². The average Bonchev–Trinajstić information content (AvgIpc) is 2.80. The summed E-state index contributed by atoms with van der Waals surface area (Å²) >= 11 is 1.70. The number of likely N-dealkylation sites (N-methyl/N-ethyl adjacent to an activating group) is 1. The van der Waals surface area contributed by atoms with E-state index in [9.17, 15) is 0 Å². The first kappa shape index (κ1) is 11.2. The fourth-order valence-corrected chi connectivity index (χ4v) is 2.39. The van der Waals surface area contributed by atoms with Crippen molar-refractivity contribution in [2.45, 2.75) is 19.4 Å². The molecule has 84 valence electrons. The molecule has 16 heavy (non-hydrogen) atoms. The van der Waals surface area contributed by atoms with Crippen molar-refractivity contribution in [2.75, 3.05) is 7.05 Å². The van der Waals surface area contributed by atoms with Crippen molar-refractivity contribution in [3.8, 4) is 0 Å². The SMILES string of the molecule is CNC(Cc1cncs1)c1cnccc1C. The lowest BCUT2D eigenvalue weighted by atomic mass is 10.0. The minimum Gasteiger partial charge on any atom is -0.313 e. The van der Waals surface area contributed by atoms with E-state index in [4.69, 9.17) is 0 Å². The molecule has 0 fully saturated rings. The number of hydrogen-bond acceptors (Lipinski definition) is 4. The Morgan fingerprint density at radius 2 is 2.25 bits per heavy atom. The normalized spacial score (nSPS) is 12.6. The third-order valence-corrected chi connectivity index (χ3v) is 3.49. The molecule has 0 spiro atoms. The van der Waals surface area contributed by atoms with Gasteiger partial charge >= 0.3 is 0 Å². The van der Waals surface area contributed by atoms with Gasteiger partial charge in [-0.1, -0.05) is 0 Å². The zero-order valence-electron chi connectivity index (χ0n) is 9.47. The number of aryl methyl sites for hydroxylation is 1. The molecule has 4 heteroatoms. The summed E-state index contributed by atoms with van der Waals surface area (Å²) < 4.78 is 0. The standard InChI is InChI=1S/C12H15N3S/c1-9-3-4-14-7-11(9)12(13-2)5-10-6-15-8-16-10/h3-4,6-8,12-13H,5H2,1-2H3. The summed E-state index contributed by atoms with van der Waals surface area (Å²) in [5, 5.41) is 3.34. The van der Waals surface area contributed by atoms with E-state index in [1.165, 1.54) is 16.0 Å². The van der Waals surface area contributed by atoms with Crippen LogP contribution in [0, 0.1) is 6.92 Å². The van der Waals surface area contributed by atoms with E-state index in [1.807, 2.05) is 37.2 Å². The van der Waals surface area contributed by atoms with Crippen LogP contribution < -0.4 is 5.32 Å². The Balaban J connectivity index is 2.20. The van der Waals surface area contributed by atoms with Crippen LogP contribution in [-0.2, 0) is 6.42 Å². The van der Waals surface area contributed by atoms with Crippen molar-refractivity contribution in [2.24, 2.45) is 0 Å². The van der Waals surface area contributed by atoms with Crippen LogP contribution in [0.25, 0.3) is 0 Å². The Labute approximate surface area is 99.6 Å². The quantitative estimate of drug-likeness (QED) is 0.881. The van der Waals surface area contributed by atoms with Gasteiger partial charge in [-0.2, -0.15) is 0 Å². The summed E-state index contributed by atoms with van der Waals surface area (Å²) in [5.41, 5.74) is 4.41. The van der Waals surface area contributed by atoms with E-state index >= 15 is 0 Å². The highest BCUT2D eigenvalue weighted by Gasteiger charge is 2.13. The first-order chi connectivity index (χ1) is 7.81. The minimum absolute atomic E-state index is 0.314. The maximum Gasteiger partial charge on any atom is 0.0794 e. The Hall–Kier alpha value is -1.26. The fraction of sp³-hybridized carbons (Fsp3) is 0.333. The smallest absolute Gasteiger partial charge is 0.0794 e. The monoisotopic (exact) mass is 233 g/mol. The molecule has 3 nitrogen and oxygen atoms in total. The maximum absolute atomic E-state index is 4.19. The lowest BCUT2D eigenvalue weighted by molar-refractivity contribution is 0.590. The lowest BCUT2D eigenvalue weighted by Crippen LogP contribution is -2.19. The molecule has 2 rings (SSSR count). The van der Waals surface area contributed by atoms with Crippen molar-refractivity contribution in [1.29, 1.82) is 0 Å². The van der Waals surface area contributed by atoms with Crippen molar-refractivity contribution >= 4 is 11.3 Å². The molecule has 1 N–H and O–H groups in total. The molecule has 0 saturated carbocycles. The number of thiazole rings is 1. The fourth-order valence-electron chi connectivity index (χ4n) is 1.75. The highest BCUT2D eigenvalue weighted by atomic mass is 32.1. The molecule has 0 aliphatic heterocycles. The summed E-state index contributed by atoms with van der Waals surface area (Å²) in [5.74, 6) is 0. The maximum atomic E-state index is 4.19. The zero-order valence-corrected chi connectivity index (χ0v) is 10.3. The van der Waals surface area contributed by atoms with Gasteiger partial charge in [0.1, 0.15) is 0 Å². The van der Waals surface area contributed by atoms with Crippen LogP contribution in [0.1, 0.15) is 22.0 Å². The number of hydrogen-bond donors (Lipinski definition) is 1. The van der Waals surface area contributed by atoms with Gasteiger partial charge in [-0.25, -0.2) is 0 Å². The molecular weight excluding hydrogens is 218 g/mol. The topological polar surface area (TPSA) is 37.8 Å². The van der Waals surface area contributed by atoms with Crippen LogP contribution >= 0.6 is 11.3 Å². The lowest BCUT2D eigenvalue weighted by Gasteiger charge is -2.17. The number of rotatable bonds is 4. The van der Waals surface area contributed by atoms with E-state index in [0.717, 1.165) is 6.42 Å². The van der Waals surface area contributed by atoms with Gasteiger partial charge in [-0.05, 0) is 31.2 Å². The molecule has 0 radical (unpaired) electrons. The van der Waals surface area contributed by atoms with Crippen LogP contribution in [-0.4, -0.2) is 17.0 Å². The Kier molecular flexibility index (Phi) is 3.64. The Morgan fingerprint density at radius 1 is 1.38 bits per heavy atom. The molecule has 1 unspecified atom stereocenters. The van der Waals surface area contributed by atoms with E-state index in [-0.39, 0.29) is 0 Å². The predicted octanol–water partition coefficient (Wildman–Crippen LogP) is 2.35. The second-order valence-electron chi connectivity index (χ2n) is 3.75. The number of pyridine rings is 1. The first-order valence-corrected chi connectivity index (χ1v) is 6.14. The summed E-state index contributed by atoms with van der Waals surface area (Å²) in [7, 11) is 1.98. The molecule has 0 saturated heterocycles. The molecular formula is C12H15N3S. The van der Waals surface area contributed by atoms with Gasteiger partial charge in [0.15, 0.2) is 0 Å². The van der Waals surface area contributed by atoms with Crippen LogP contribution in [0.5, 0.6) is 0 Å². The number of nitrogens with one attached hydrogen (secondary N) is 1. The molecule has 2 aromatic heterocycles. The van der Waals surface area contributed by atoms with Crippen LogP contribution in [0.3, 0.4) is 0 Å². The Morgan fingerprint density at radius 3 is 2.88 bits per heavy atom. The predicted molar refractivity (Wildman–Crippen MR) is 66.6 cm³/mol. The van der Waals surface area contributed by atoms with Crippen molar-refractivity contribution in [3.05, 3.63) is 46.2 Å². The number of aromatic nitrogens is 2. The molecule has 2 aromatic rings. The van der Waals surface area contributed by atoms with E-state index in [1.54, 1.807) is 11.3 Å². The molecule has 0 aliphatic carbocycles. The molecule has 0 bridgehead atoms. The van der Waals surface area contributed by atoms with E-state index in [2.05, 4.69) is 22.2 Å². The van der Waals surface area contributed by atoms with Gasteiger partial charge in [0.2, 0.25) is 0 Å².